The molecule has 4 nitrogen and oxygen atoms in total. The average molecular weight is 259 g/mol. The van der Waals surface area contributed by atoms with Crippen LogP contribution in [0, 0.1) is 0 Å². The highest BCUT2D eigenvalue weighted by molar-refractivity contribution is 5.98. The Bertz CT molecular complexity index is 228. The Balaban J connectivity index is 1.64. The fourth-order valence-corrected chi connectivity index (χ4v) is 2.21. The standard InChI is InChI=1S/C12H25NO3Si/c1-12(2,16-17)4-3-5-13(6-10-8-14-10)7-11-9-15-11/h10-11H,3-9H2,1-2,17H3. The smallest absolute Gasteiger partial charge is 0.146 e. The molecule has 17 heavy (non-hydrogen) atoms. The fraction of sp³-hybridized carbons (Fsp3) is 1.00. The minimum Gasteiger partial charge on any atom is -0.423 e. The lowest BCUT2D eigenvalue weighted by atomic mass is 10.0. The Labute approximate surface area is 107 Å². The Hall–Kier alpha value is 0.0569. The van der Waals surface area contributed by atoms with E-state index in [9.17, 15) is 0 Å². The molecule has 5 heteroatoms. The van der Waals surface area contributed by atoms with Gasteiger partial charge in [0, 0.05) is 18.7 Å². The van der Waals surface area contributed by atoms with Crippen molar-refractivity contribution in [2.45, 2.75) is 44.5 Å². The minimum absolute atomic E-state index is 0.0596. The van der Waals surface area contributed by atoms with Crippen molar-refractivity contribution in [3.8, 4) is 0 Å². The zero-order valence-corrected chi connectivity index (χ0v) is 13.3. The molecule has 0 spiro atoms. The van der Waals surface area contributed by atoms with E-state index in [-0.39, 0.29) is 5.60 Å². The van der Waals surface area contributed by atoms with Gasteiger partial charge in [-0.3, -0.25) is 4.90 Å². The monoisotopic (exact) mass is 259 g/mol. The van der Waals surface area contributed by atoms with Crippen LogP contribution in [0.5, 0.6) is 0 Å². The lowest BCUT2D eigenvalue weighted by Crippen LogP contribution is -2.34. The quantitative estimate of drug-likeness (QED) is 0.429. The molecule has 0 N–H and O–H groups in total. The van der Waals surface area contributed by atoms with Crippen molar-refractivity contribution >= 4 is 10.5 Å². The van der Waals surface area contributed by atoms with Crippen LogP contribution in [-0.4, -0.2) is 66.0 Å². The summed E-state index contributed by atoms with van der Waals surface area (Å²) in [7, 11) is 0.823. The number of nitrogens with zero attached hydrogens (tertiary/aromatic N) is 1. The summed E-state index contributed by atoms with van der Waals surface area (Å²) in [5.74, 6) is 0. The van der Waals surface area contributed by atoms with E-state index in [1.807, 2.05) is 0 Å². The van der Waals surface area contributed by atoms with E-state index in [0.717, 1.165) is 49.8 Å². The number of epoxide rings is 2. The molecule has 2 unspecified atom stereocenters. The summed E-state index contributed by atoms with van der Waals surface area (Å²) in [6.07, 6.45) is 3.28. The van der Waals surface area contributed by atoms with Crippen LogP contribution < -0.4 is 0 Å². The zero-order chi connectivity index (χ0) is 12.3. The number of hydrogen-bond donors (Lipinski definition) is 0. The highest BCUT2D eigenvalue weighted by Gasteiger charge is 2.30. The molecule has 0 aromatic heterocycles. The predicted octanol–water partition coefficient (Wildman–Crippen LogP) is -0.0582. The first-order chi connectivity index (χ1) is 8.09. The maximum Gasteiger partial charge on any atom is 0.146 e. The van der Waals surface area contributed by atoms with Crippen molar-refractivity contribution in [3.05, 3.63) is 0 Å². The molecule has 0 aromatic rings. The van der Waals surface area contributed by atoms with E-state index in [0.29, 0.717) is 12.2 Å². The van der Waals surface area contributed by atoms with Crippen molar-refractivity contribution in [2.24, 2.45) is 0 Å². The molecule has 0 saturated carbocycles. The summed E-state index contributed by atoms with van der Waals surface area (Å²) < 4.78 is 16.2. The van der Waals surface area contributed by atoms with Gasteiger partial charge in [0.1, 0.15) is 10.5 Å². The van der Waals surface area contributed by atoms with Gasteiger partial charge in [-0.25, -0.2) is 0 Å². The molecule has 0 bridgehead atoms. The van der Waals surface area contributed by atoms with Crippen LogP contribution in [0.15, 0.2) is 0 Å². The van der Waals surface area contributed by atoms with Crippen molar-refractivity contribution in [2.75, 3.05) is 32.8 Å². The van der Waals surface area contributed by atoms with Gasteiger partial charge in [-0.1, -0.05) is 0 Å². The van der Waals surface area contributed by atoms with Crippen LogP contribution in [-0.2, 0) is 13.9 Å². The number of ether oxygens (including phenoxy) is 2. The predicted molar refractivity (Wildman–Crippen MR) is 70.3 cm³/mol. The fourth-order valence-electron chi connectivity index (χ4n) is 2.01. The first kappa shape index (κ1) is 13.5. The molecule has 0 amide bonds. The molecule has 0 aromatic carbocycles. The first-order valence-electron chi connectivity index (χ1n) is 6.60. The third-order valence-electron chi connectivity index (χ3n) is 3.53. The van der Waals surface area contributed by atoms with Gasteiger partial charge in [-0.2, -0.15) is 0 Å². The maximum absolute atomic E-state index is 5.58. The van der Waals surface area contributed by atoms with Gasteiger partial charge in [0.15, 0.2) is 0 Å². The van der Waals surface area contributed by atoms with Crippen LogP contribution in [0.25, 0.3) is 0 Å². The molecule has 2 aliphatic heterocycles. The Morgan fingerprint density at radius 3 is 2.18 bits per heavy atom. The van der Waals surface area contributed by atoms with E-state index in [4.69, 9.17) is 13.9 Å². The highest BCUT2D eigenvalue weighted by atomic mass is 28.2. The van der Waals surface area contributed by atoms with Gasteiger partial charge in [-0.05, 0) is 33.2 Å². The van der Waals surface area contributed by atoms with E-state index < -0.39 is 0 Å². The second-order valence-corrected chi connectivity index (χ2v) is 6.15. The Kier molecular flexibility index (Phi) is 4.60. The average Bonchev–Trinajstić information content (AvgIpc) is 3.13. The van der Waals surface area contributed by atoms with Crippen molar-refractivity contribution in [1.82, 2.24) is 4.90 Å². The van der Waals surface area contributed by atoms with Crippen molar-refractivity contribution in [3.63, 3.8) is 0 Å². The van der Waals surface area contributed by atoms with Gasteiger partial charge in [0.05, 0.1) is 25.4 Å². The molecular weight excluding hydrogens is 234 g/mol. The normalized spacial score (nSPS) is 27.7. The zero-order valence-electron chi connectivity index (χ0n) is 11.3. The summed E-state index contributed by atoms with van der Waals surface area (Å²) in [4.78, 5) is 2.48. The second-order valence-electron chi connectivity index (χ2n) is 5.74. The molecule has 0 radical (unpaired) electrons. The van der Waals surface area contributed by atoms with E-state index in [1.165, 1.54) is 6.42 Å². The van der Waals surface area contributed by atoms with Crippen LogP contribution >= 0.6 is 0 Å². The van der Waals surface area contributed by atoms with Crippen LogP contribution in [0.2, 0.25) is 0 Å². The van der Waals surface area contributed by atoms with Gasteiger partial charge < -0.3 is 13.9 Å². The highest BCUT2D eigenvalue weighted by Crippen LogP contribution is 2.19. The van der Waals surface area contributed by atoms with E-state index in [1.54, 1.807) is 0 Å². The van der Waals surface area contributed by atoms with Crippen LogP contribution in [0.4, 0.5) is 0 Å². The summed E-state index contributed by atoms with van der Waals surface area (Å²) >= 11 is 0. The summed E-state index contributed by atoms with van der Waals surface area (Å²) in [6, 6.07) is 0. The van der Waals surface area contributed by atoms with E-state index in [2.05, 4.69) is 18.7 Å². The van der Waals surface area contributed by atoms with Gasteiger partial charge in [0.2, 0.25) is 0 Å². The van der Waals surface area contributed by atoms with Gasteiger partial charge in [-0.15, -0.1) is 0 Å². The lowest BCUT2D eigenvalue weighted by Gasteiger charge is -2.26. The molecule has 2 saturated heterocycles. The Morgan fingerprint density at radius 1 is 1.24 bits per heavy atom. The Morgan fingerprint density at radius 2 is 1.76 bits per heavy atom. The molecule has 2 heterocycles. The van der Waals surface area contributed by atoms with E-state index >= 15 is 0 Å². The first-order valence-corrected chi connectivity index (χ1v) is 7.41. The van der Waals surface area contributed by atoms with Crippen molar-refractivity contribution < 1.29 is 13.9 Å². The third kappa shape index (κ3) is 5.48. The topological polar surface area (TPSA) is 37.5 Å². The van der Waals surface area contributed by atoms with Gasteiger partial charge in [0.25, 0.3) is 0 Å². The molecule has 2 aliphatic rings. The molecule has 2 fully saturated rings. The van der Waals surface area contributed by atoms with Crippen LogP contribution in [0.1, 0.15) is 26.7 Å². The molecule has 2 rings (SSSR count). The largest absolute Gasteiger partial charge is 0.423 e. The molecule has 100 valence electrons. The molecule has 2 atom stereocenters. The van der Waals surface area contributed by atoms with Crippen molar-refractivity contribution in [1.29, 1.82) is 0 Å². The third-order valence-corrected chi connectivity index (χ3v) is 4.64. The SMILES string of the molecule is CC(C)(CCCN(CC1CO1)CC1CO1)O[SiH3]. The number of hydrogen-bond acceptors (Lipinski definition) is 4. The number of rotatable bonds is 9. The summed E-state index contributed by atoms with van der Waals surface area (Å²) in [5, 5.41) is 0. The second kappa shape index (κ2) is 5.80. The van der Waals surface area contributed by atoms with Gasteiger partial charge >= 0.3 is 0 Å². The minimum atomic E-state index is 0.0596. The lowest BCUT2D eigenvalue weighted by molar-refractivity contribution is 0.103. The maximum atomic E-state index is 5.58. The molecular formula is C12H25NO3Si. The van der Waals surface area contributed by atoms with Crippen LogP contribution in [0.3, 0.4) is 0 Å². The summed E-state index contributed by atoms with van der Waals surface area (Å²) in [5.41, 5.74) is 0.0596. The molecule has 0 aliphatic carbocycles. The summed E-state index contributed by atoms with van der Waals surface area (Å²) in [6.45, 7) is 9.52.